The fourth-order valence-corrected chi connectivity index (χ4v) is 3.22. The number of amides is 3. The van der Waals surface area contributed by atoms with Crippen molar-refractivity contribution in [2.45, 2.75) is 64.0 Å². The Balaban J connectivity index is 2.07. The predicted octanol–water partition coefficient (Wildman–Crippen LogP) is 3.28. The fraction of sp³-hybridized carbons (Fsp3) is 0.579. The van der Waals surface area contributed by atoms with Crippen LogP contribution in [0.15, 0.2) is 30.3 Å². The van der Waals surface area contributed by atoms with Gasteiger partial charge in [0.2, 0.25) is 5.91 Å². The lowest BCUT2D eigenvalue weighted by atomic mass is 9.95. The zero-order valence-electron chi connectivity index (χ0n) is 14.5. The zero-order chi connectivity index (χ0) is 17.2. The Labute approximate surface area is 144 Å². The number of carbonyl (C=O) groups is 2. The molecule has 1 aliphatic carbocycles. The smallest absolute Gasteiger partial charge is 0.321 e. The second-order valence-corrected chi connectivity index (χ2v) is 6.40. The summed E-state index contributed by atoms with van der Waals surface area (Å²) in [5, 5.41) is 8.55. The van der Waals surface area contributed by atoms with Crippen LogP contribution in [0.3, 0.4) is 0 Å². The van der Waals surface area contributed by atoms with Crippen molar-refractivity contribution in [3.63, 3.8) is 0 Å². The molecule has 0 spiro atoms. The molecular formula is C19H29N3O2. The molecule has 1 fully saturated rings. The maximum Gasteiger partial charge on any atom is 0.321 e. The van der Waals surface area contributed by atoms with Gasteiger partial charge in [0.25, 0.3) is 0 Å². The van der Waals surface area contributed by atoms with Crippen molar-refractivity contribution >= 4 is 11.9 Å². The molecule has 0 radical (unpaired) electrons. The lowest BCUT2D eigenvalue weighted by molar-refractivity contribution is -0.122. The van der Waals surface area contributed by atoms with E-state index in [0.717, 1.165) is 18.4 Å². The molecule has 1 aromatic carbocycles. The van der Waals surface area contributed by atoms with Gasteiger partial charge in [-0.15, -0.1) is 0 Å². The highest BCUT2D eigenvalue weighted by atomic mass is 16.2. The molecule has 1 aliphatic rings. The molecule has 1 atom stereocenters. The second-order valence-electron chi connectivity index (χ2n) is 6.40. The van der Waals surface area contributed by atoms with Gasteiger partial charge in [0.05, 0.1) is 0 Å². The van der Waals surface area contributed by atoms with Crippen LogP contribution < -0.4 is 16.0 Å². The molecule has 5 nitrogen and oxygen atoms in total. The van der Waals surface area contributed by atoms with E-state index in [1.165, 1.54) is 32.1 Å². The third-order valence-corrected chi connectivity index (χ3v) is 4.48. The minimum atomic E-state index is -0.502. The Morgan fingerprint density at radius 2 is 1.67 bits per heavy atom. The van der Waals surface area contributed by atoms with Gasteiger partial charge < -0.3 is 5.32 Å². The molecule has 1 aromatic rings. The maximum absolute atomic E-state index is 12.6. The molecule has 0 unspecified atom stereocenters. The minimum absolute atomic E-state index is 0.297. The quantitative estimate of drug-likeness (QED) is 0.775. The van der Waals surface area contributed by atoms with Crippen LogP contribution in [0.5, 0.6) is 0 Å². The number of rotatable bonds is 5. The Morgan fingerprint density at radius 1 is 1.04 bits per heavy atom. The van der Waals surface area contributed by atoms with Crippen molar-refractivity contribution in [2.24, 2.45) is 0 Å². The Bertz CT molecular complexity index is 511. The third kappa shape index (κ3) is 5.96. The van der Waals surface area contributed by atoms with E-state index in [2.05, 4.69) is 16.0 Å². The van der Waals surface area contributed by atoms with Crippen molar-refractivity contribution in [1.82, 2.24) is 16.0 Å². The molecule has 0 bridgehead atoms. The Morgan fingerprint density at radius 3 is 2.29 bits per heavy atom. The first kappa shape index (κ1) is 18.5. The summed E-state index contributed by atoms with van der Waals surface area (Å²) in [6.45, 7) is 2.32. The molecular weight excluding hydrogens is 302 g/mol. The summed E-state index contributed by atoms with van der Waals surface area (Å²) in [4.78, 5) is 24.3. The summed E-state index contributed by atoms with van der Waals surface area (Å²) in [7, 11) is 0. The van der Waals surface area contributed by atoms with Gasteiger partial charge in [-0.2, -0.15) is 0 Å². The van der Waals surface area contributed by atoms with Gasteiger partial charge in [0.1, 0.15) is 6.04 Å². The SMILES string of the molecule is CCNC(=O)NC(=O)[C@H](NC1CCCCCCC1)c1ccccc1. The van der Waals surface area contributed by atoms with Gasteiger partial charge >= 0.3 is 6.03 Å². The van der Waals surface area contributed by atoms with E-state index in [1.807, 2.05) is 37.3 Å². The van der Waals surface area contributed by atoms with Gasteiger partial charge in [-0.05, 0) is 25.3 Å². The number of benzene rings is 1. The standard InChI is InChI=1S/C19H29N3O2/c1-2-20-19(24)22-18(23)17(15-11-7-6-8-12-15)21-16-13-9-4-3-5-10-14-16/h6-8,11-12,16-17,21H,2-5,9-10,13-14H2,1H3,(H2,20,22,23,24)/t17-/m1/s1. The van der Waals surface area contributed by atoms with E-state index in [0.29, 0.717) is 12.6 Å². The van der Waals surface area contributed by atoms with E-state index in [-0.39, 0.29) is 5.91 Å². The van der Waals surface area contributed by atoms with Crippen molar-refractivity contribution in [2.75, 3.05) is 6.54 Å². The van der Waals surface area contributed by atoms with E-state index < -0.39 is 12.1 Å². The molecule has 0 aromatic heterocycles. The van der Waals surface area contributed by atoms with Gasteiger partial charge in [-0.3, -0.25) is 15.4 Å². The molecule has 132 valence electrons. The number of imide groups is 1. The largest absolute Gasteiger partial charge is 0.338 e. The van der Waals surface area contributed by atoms with Crippen LogP contribution in [0.1, 0.15) is 63.5 Å². The highest BCUT2D eigenvalue weighted by Crippen LogP contribution is 2.21. The fourth-order valence-electron chi connectivity index (χ4n) is 3.22. The van der Waals surface area contributed by atoms with Crippen molar-refractivity contribution in [1.29, 1.82) is 0 Å². The average molecular weight is 331 g/mol. The first-order valence-corrected chi connectivity index (χ1v) is 9.10. The van der Waals surface area contributed by atoms with Crippen molar-refractivity contribution in [3.05, 3.63) is 35.9 Å². The lowest BCUT2D eigenvalue weighted by Gasteiger charge is -2.27. The minimum Gasteiger partial charge on any atom is -0.338 e. The normalized spacial score (nSPS) is 17.4. The molecule has 1 saturated carbocycles. The summed E-state index contributed by atoms with van der Waals surface area (Å²) in [6.07, 6.45) is 8.38. The number of hydrogen-bond acceptors (Lipinski definition) is 3. The molecule has 2 rings (SSSR count). The molecule has 5 heteroatoms. The van der Waals surface area contributed by atoms with Crippen LogP contribution in [0.2, 0.25) is 0 Å². The first-order chi connectivity index (χ1) is 11.7. The third-order valence-electron chi connectivity index (χ3n) is 4.48. The molecule has 0 aliphatic heterocycles. The number of carbonyl (C=O) groups excluding carboxylic acids is 2. The summed E-state index contributed by atoms with van der Waals surface area (Å²) in [5.74, 6) is -0.297. The summed E-state index contributed by atoms with van der Waals surface area (Å²) >= 11 is 0. The van der Waals surface area contributed by atoms with Crippen molar-refractivity contribution in [3.8, 4) is 0 Å². The summed E-state index contributed by atoms with van der Waals surface area (Å²) in [6, 6.07) is 8.99. The topological polar surface area (TPSA) is 70.2 Å². The second kappa shape index (κ2) is 10.1. The van der Waals surface area contributed by atoms with E-state index in [1.54, 1.807) is 0 Å². The number of urea groups is 1. The molecule has 0 saturated heterocycles. The first-order valence-electron chi connectivity index (χ1n) is 9.10. The summed E-state index contributed by atoms with van der Waals surface area (Å²) < 4.78 is 0. The van der Waals surface area contributed by atoms with Crippen LogP contribution in [0, 0.1) is 0 Å². The van der Waals surface area contributed by atoms with Gasteiger partial charge in [0, 0.05) is 12.6 Å². The van der Waals surface area contributed by atoms with Crippen LogP contribution >= 0.6 is 0 Å². The van der Waals surface area contributed by atoms with Crippen LogP contribution in [0.4, 0.5) is 4.79 Å². The zero-order valence-corrected chi connectivity index (χ0v) is 14.5. The van der Waals surface area contributed by atoms with E-state index in [4.69, 9.17) is 0 Å². The molecule has 24 heavy (non-hydrogen) atoms. The molecule has 0 heterocycles. The highest BCUT2D eigenvalue weighted by molar-refractivity contribution is 5.97. The maximum atomic E-state index is 12.6. The molecule has 3 amide bonds. The average Bonchev–Trinajstić information content (AvgIpc) is 2.54. The number of nitrogens with one attached hydrogen (secondary N) is 3. The molecule has 3 N–H and O–H groups in total. The Kier molecular flexibility index (Phi) is 7.75. The lowest BCUT2D eigenvalue weighted by Crippen LogP contribution is -2.47. The van der Waals surface area contributed by atoms with E-state index >= 15 is 0 Å². The monoisotopic (exact) mass is 331 g/mol. The van der Waals surface area contributed by atoms with Gasteiger partial charge in [-0.1, -0.05) is 62.4 Å². The van der Waals surface area contributed by atoms with Gasteiger partial charge in [-0.25, -0.2) is 4.79 Å². The van der Waals surface area contributed by atoms with Crippen LogP contribution in [0.25, 0.3) is 0 Å². The van der Waals surface area contributed by atoms with Gasteiger partial charge in [0.15, 0.2) is 0 Å². The number of hydrogen-bond donors (Lipinski definition) is 3. The van der Waals surface area contributed by atoms with Crippen LogP contribution in [-0.2, 0) is 4.79 Å². The highest BCUT2D eigenvalue weighted by Gasteiger charge is 2.25. The Hall–Kier alpha value is -1.88. The van der Waals surface area contributed by atoms with E-state index in [9.17, 15) is 9.59 Å². The summed E-state index contributed by atoms with van der Waals surface area (Å²) in [5.41, 5.74) is 0.890. The van der Waals surface area contributed by atoms with Crippen molar-refractivity contribution < 1.29 is 9.59 Å². The van der Waals surface area contributed by atoms with Crippen LogP contribution in [-0.4, -0.2) is 24.5 Å². The predicted molar refractivity (Wildman–Crippen MR) is 95.6 cm³/mol.